The molecule has 0 radical (unpaired) electrons. The van der Waals surface area contributed by atoms with E-state index in [0.29, 0.717) is 12.6 Å². The molecule has 0 aromatic heterocycles. The fourth-order valence-corrected chi connectivity index (χ4v) is 2.10. The van der Waals surface area contributed by atoms with Crippen molar-refractivity contribution in [2.75, 3.05) is 39.4 Å². The van der Waals surface area contributed by atoms with Gasteiger partial charge >= 0.3 is 6.18 Å². The van der Waals surface area contributed by atoms with E-state index in [2.05, 4.69) is 21.9 Å². The zero-order valence-electron chi connectivity index (χ0n) is 10.2. The van der Waals surface area contributed by atoms with Gasteiger partial charge in [-0.3, -0.25) is 4.90 Å². The standard InChI is InChI=1S/C11H21F3N2O/c1-2-15-10-4-3-5-16(8-10)6-7-17-9-11(12,13)14/h10,15H,2-9H2,1H3. The molecule has 0 aliphatic carbocycles. The quantitative estimate of drug-likeness (QED) is 0.729. The molecule has 1 aliphatic rings. The molecule has 1 heterocycles. The van der Waals surface area contributed by atoms with Crippen LogP contribution in [0, 0.1) is 0 Å². The Kier molecular flexibility index (Phi) is 6.22. The van der Waals surface area contributed by atoms with Gasteiger partial charge in [0.2, 0.25) is 0 Å². The molecule has 1 aliphatic heterocycles. The van der Waals surface area contributed by atoms with Gasteiger partial charge in [-0.2, -0.15) is 13.2 Å². The Morgan fingerprint density at radius 3 is 2.82 bits per heavy atom. The normalized spacial score (nSPS) is 22.9. The average Bonchev–Trinajstić information content (AvgIpc) is 2.24. The lowest BCUT2D eigenvalue weighted by molar-refractivity contribution is -0.174. The Hall–Kier alpha value is -0.330. The molecule has 1 atom stereocenters. The third-order valence-corrected chi connectivity index (χ3v) is 2.82. The molecule has 0 aromatic rings. The Labute approximate surface area is 100 Å². The second kappa shape index (κ2) is 7.18. The molecule has 1 fully saturated rings. The Morgan fingerprint density at radius 2 is 2.18 bits per heavy atom. The van der Waals surface area contributed by atoms with Gasteiger partial charge in [-0.1, -0.05) is 6.92 Å². The molecule has 1 rings (SSSR count). The fourth-order valence-electron chi connectivity index (χ4n) is 2.10. The molecule has 0 aromatic carbocycles. The molecule has 1 saturated heterocycles. The lowest BCUT2D eigenvalue weighted by Crippen LogP contribution is -2.46. The van der Waals surface area contributed by atoms with Crippen LogP contribution in [0.4, 0.5) is 13.2 Å². The predicted molar refractivity (Wildman–Crippen MR) is 60.0 cm³/mol. The first-order valence-electron chi connectivity index (χ1n) is 6.11. The molecule has 6 heteroatoms. The summed E-state index contributed by atoms with van der Waals surface area (Å²) in [6.45, 7) is 4.45. The van der Waals surface area contributed by atoms with E-state index in [9.17, 15) is 13.2 Å². The lowest BCUT2D eigenvalue weighted by Gasteiger charge is -2.32. The number of nitrogens with zero attached hydrogens (tertiary/aromatic N) is 1. The second-order valence-corrected chi connectivity index (χ2v) is 4.37. The topological polar surface area (TPSA) is 24.5 Å². The molecular formula is C11H21F3N2O. The minimum absolute atomic E-state index is 0.151. The summed E-state index contributed by atoms with van der Waals surface area (Å²) in [6, 6.07) is 0.469. The summed E-state index contributed by atoms with van der Waals surface area (Å²) < 4.78 is 40.1. The van der Waals surface area contributed by atoms with Gasteiger partial charge in [0, 0.05) is 19.1 Å². The number of rotatable bonds is 6. The maximum Gasteiger partial charge on any atom is 0.411 e. The number of alkyl halides is 3. The maximum atomic E-state index is 11.8. The van der Waals surface area contributed by atoms with E-state index in [1.165, 1.54) is 0 Å². The van der Waals surface area contributed by atoms with Crippen molar-refractivity contribution in [3.05, 3.63) is 0 Å². The van der Waals surface area contributed by atoms with Crippen molar-refractivity contribution in [3.8, 4) is 0 Å². The molecule has 0 spiro atoms. The van der Waals surface area contributed by atoms with Crippen molar-refractivity contribution in [1.82, 2.24) is 10.2 Å². The molecule has 0 saturated carbocycles. The maximum absolute atomic E-state index is 11.8. The summed E-state index contributed by atoms with van der Waals surface area (Å²) in [7, 11) is 0. The highest BCUT2D eigenvalue weighted by atomic mass is 19.4. The van der Waals surface area contributed by atoms with Gasteiger partial charge in [-0.15, -0.1) is 0 Å². The first-order valence-corrected chi connectivity index (χ1v) is 6.11. The molecule has 1 N–H and O–H groups in total. The number of hydrogen-bond acceptors (Lipinski definition) is 3. The predicted octanol–water partition coefficient (Wildman–Crippen LogP) is 1.64. The van der Waals surface area contributed by atoms with Crippen LogP contribution in [0.5, 0.6) is 0 Å². The summed E-state index contributed by atoms with van der Waals surface area (Å²) in [6.07, 6.45) is -1.97. The zero-order valence-corrected chi connectivity index (χ0v) is 10.2. The van der Waals surface area contributed by atoms with Crippen LogP contribution >= 0.6 is 0 Å². The van der Waals surface area contributed by atoms with E-state index < -0.39 is 12.8 Å². The first-order chi connectivity index (χ1) is 8.01. The number of halogens is 3. The minimum Gasteiger partial charge on any atom is -0.371 e. The van der Waals surface area contributed by atoms with Gasteiger partial charge in [-0.25, -0.2) is 0 Å². The molecule has 3 nitrogen and oxygen atoms in total. The van der Waals surface area contributed by atoms with Crippen molar-refractivity contribution in [2.24, 2.45) is 0 Å². The average molecular weight is 254 g/mol. The third-order valence-electron chi connectivity index (χ3n) is 2.82. The molecule has 0 bridgehead atoms. The Balaban J connectivity index is 2.10. The van der Waals surface area contributed by atoms with Gasteiger partial charge in [-0.05, 0) is 25.9 Å². The van der Waals surface area contributed by atoms with Crippen LogP contribution in [0.15, 0.2) is 0 Å². The van der Waals surface area contributed by atoms with E-state index in [4.69, 9.17) is 0 Å². The van der Waals surface area contributed by atoms with Gasteiger partial charge in [0.05, 0.1) is 6.61 Å². The van der Waals surface area contributed by atoms with Crippen LogP contribution in [-0.4, -0.2) is 56.5 Å². The molecule has 0 amide bonds. The molecule has 1 unspecified atom stereocenters. The summed E-state index contributed by atoms with van der Waals surface area (Å²) in [5.41, 5.74) is 0. The zero-order chi connectivity index (χ0) is 12.7. The van der Waals surface area contributed by atoms with Crippen LogP contribution in [0.25, 0.3) is 0 Å². The number of hydrogen-bond donors (Lipinski definition) is 1. The Bertz CT molecular complexity index is 209. The highest BCUT2D eigenvalue weighted by Crippen LogP contribution is 2.14. The van der Waals surface area contributed by atoms with Crippen LogP contribution < -0.4 is 5.32 Å². The lowest BCUT2D eigenvalue weighted by atomic mass is 10.1. The van der Waals surface area contributed by atoms with Gasteiger partial charge < -0.3 is 10.1 Å². The van der Waals surface area contributed by atoms with Crippen LogP contribution in [0.3, 0.4) is 0 Å². The summed E-state index contributed by atoms with van der Waals surface area (Å²) in [5, 5.41) is 3.37. The van der Waals surface area contributed by atoms with Gasteiger partial charge in [0.1, 0.15) is 6.61 Å². The van der Waals surface area contributed by atoms with Crippen molar-refractivity contribution < 1.29 is 17.9 Å². The first kappa shape index (κ1) is 14.7. The SMILES string of the molecule is CCNC1CCCN(CCOCC(F)(F)F)C1. The number of piperidine rings is 1. The minimum atomic E-state index is -4.21. The third kappa shape index (κ3) is 6.85. The van der Waals surface area contributed by atoms with E-state index in [1.807, 2.05) is 0 Å². The summed E-state index contributed by atoms with van der Waals surface area (Å²) in [4.78, 5) is 2.16. The van der Waals surface area contributed by atoms with Crippen molar-refractivity contribution >= 4 is 0 Å². The second-order valence-electron chi connectivity index (χ2n) is 4.37. The van der Waals surface area contributed by atoms with Gasteiger partial charge in [0.25, 0.3) is 0 Å². The van der Waals surface area contributed by atoms with Crippen LogP contribution in [-0.2, 0) is 4.74 Å². The molecule has 102 valence electrons. The highest BCUT2D eigenvalue weighted by Gasteiger charge is 2.27. The highest BCUT2D eigenvalue weighted by molar-refractivity contribution is 4.77. The van der Waals surface area contributed by atoms with Crippen molar-refractivity contribution in [3.63, 3.8) is 0 Å². The fraction of sp³-hybridized carbons (Fsp3) is 1.00. The van der Waals surface area contributed by atoms with Crippen LogP contribution in [0.1, 0.15) is 19.8 Å². The van der Waals surface area contributed by atoms with Gasteiger partial charge in [0.15, 0.2) is 0 Å². The molecular weight excluding hydrogens is 233 g/mol. The molecule has 17 heavy (non-hydrogen) atoms. The number of nitrogens with one attached hydrogen (secondary N) is 1. The van der Waals surface area contributed by atoms with E-state index in [0.717, 1.165) is 32.5 Å². The van der Waals surface area contributed by atoms with Crippen molar-refractivity contribution in [2.45, 2.75) is 32.0 Å². The summed E-state index contributed by atoms with van der Waals surface area (Å²) in [5.74, 6) is 0. The number of ether oxygens (including phenoxy) is 1. The van der Waals surface area contributed by atoms with E-state index in [1.54, 1.807) is 0 Å². The largest absolute Gasteiger partial charge is 0.411 e. The van der Waals surface area contributed by atoms with Crippen molar-refractivity contribution in [1.29, 1.82) is 0 Å². The number of likely N-dealkylation sites (tertiary alicyclic amines) is 1. The van der Waals surface area contributed by atoms with E-state index >= 15 is 0 Å². The number of likely N-dealkylation sites (N-methyl/N-ethyl adjacent to an activating group) is 1. The smallest absolute Gasteiger partial charge is 0.371 e. The monoisotopic (exact) mass is 254 g/mol. The Morgan fingerprint density at radius 1 is 1.41 bits per heavy atom. The van der Waals surface area contributed by atoms with Crippen LogP contribution in [0.2, 0.25) is 0 Å². The van der Waals surface area contributed by atoms with E-state index in [-0.39, 0.29) is 6.61 Å². The summed E-state index contributed by atoms with van der Waals surface area (Å²) >= 11 is 0.